The normalized spacial score (nSPS) is 10.6. The maximum absolute atomic E-state index is 10.8. The molecular formula is C12H9N3O2. The smallest absolute Gasteiger partial charge is 0.261 e. The van der Waals surface area contributed by atoms with Gasteiger partial charge in [-0.3, -0.25) is 20.1 Å². The fraction of sp³-hybridized carbons (Fsp3) is 0. The van der Waals surface area contributed by atoms with Crippen LogP contribution in [0.4, 0.5) is 5.69 Å². The van der Waals surface area contributed by atoms with Gasteiger partial charge in [0.25, 0.3) is 5.69 Å². The molecule has 0 fully saturated rings. The Morgan fingerprint density at radius 3 is 2.71 bits per heavy atom. The van der Waals surface area contributed by atoms with Crippen molar-refractivity contribution in [1.82, 2.24) is 9.97 Å². The molecule has 0 radical (unpaired) electrons. The molecule has 2 aromatic rings. The molecule has 1 aromatic heterocycles. The van der Waals surface area contributed by atoms with Crippen molar-refractivity contribution in [2.75, 3.05) is 0 Å². The monoisotopic (exact) mass is 227 g/mol. The molecule has 0 spiro atoms. The third kappa shape index (κ3) is 2.72. The first-order chi connectivity index (χ1) is 8.27. The number of nitro groups is 1. The first-order valence-electron chi connectivity index (χ1n) is 4.95. The lowest BCUT2D eigenvalue weighted by molar-refractivity contribution is -0.385. The van der Waals surface area contributed by atoms with Crippen LogP contribution in [0.3, 0.4) is 0 Å². The summed E-state index contributed by atoms with van der Waals surface area (Å²) < 4.78 is 0. The van der Waals surface area contributed by atoms with Gasteiger partial charge in [-0.1, -0.05) is 12.1 Å². The lowest BCUT2D eigenvalue weighted by Gasteiger charge is -1.96. The van der Waals surface area contributed by atoms with Crippen LogP contribution in [0.15, 0.2) is 42.9 Å². The van der Waals surface area contributed by atoms with Crippen molar-refractivity contribution in [3.8, 4) is 0 Å². The summed E-state index contributed by atoms with van der Waals surface area (Å²) in [6, 6.07) is 6.54. The Labute approximate surface area is 97.6 Å². The van der Waals surface area contributed by atoms with E-state index < -0.39 is 4.92 Å². The fourth-order valence-corrected chi connectivity index (χ4v) is 1.37. The van der Waals surface area contributed by atoms with Crippen molar-refractivity contribution in [2.45, 2.75) is 0 Å². The highest BCUT2D eigenvalue weighted by molar-refractivity contribution is 5.72. The number of para-hydroxylation sites is 1. The summed E-state index contributed by atoms with van der Waals surface area (Å²) in [6.45, 7) is 0. The SMILES string of the molecule is O=[N+]([O-])c1ccccc1/C=C/c1cnccn1. The maximum atomic E-state index is 10.8. The Balaban J connectivity index is 2.30. The number of hydrogen-bond acceptors (Lipinski definition) is 4. The molecule has 0 aliphatic carbocycles. The number of hydrogen-bond donors (Lipinski definition) is 0. The Morgan fingerprint density at radius 1 is 1.18 bits per heavy atom. The number of rotatable bonds is 3. The van der Waals surface area contributed by atoms with Gasteiger partial charge in [0.15, 0.2) is 0 Å². The first-order valence-corrected chi connectivity index (χ1v) is 4.95. The van der Waals surface area contributed by atoms with E-state index in [0.29, 0.717) is 11.3 Å². The maximum Gasteiger partial charge on any atom is 0.276 e. The molecule has 2 rings (SSSR count). The fourth-order valence-electron chi connectivity index (χ4n) is 1.37. The van der Waals surface area contributed by atoms with Crippen molar-refractivity contribution in [3.63, 3.8) is 0 Å². The van der Waals surface area contributed by atoms with E-state index in [1.807, 2.05) is 0 Å². The molecule has 0 amide bonds. The largest absolute Gasteiger partial charge is 0.276 e. The molecule has 0 aliphatic heterocycles. The van der Waals surface area contributed by atoms with Crippen LogP contribution >= 0.6 is 0 Å². The molecule has 5 heteroatoms. The Morgan fingerprint density at radius 2 is 2.00 bits per heavy atom. The van der Waals surface area contributed by atoms with E-state index >= 15 is 0 Å². The van der Waals surface area contributed by atoms with Crippen LogP contribution in [0.1, 0.15) is 11.3 Å². The summed E-state index contributed by atoms with van der Waals surface area (Å²) in [5.41, 5.74) is 1.28. The summed E-state index contributed by atoms with van der Waals surface area (Å²) >= 11 is 0. The number of nitro benzene ring substituents is 1. The highest BCUT2D eigenvalue weighted by atomic mass is 16.6. The van der Waals surface area contributed by atoms with Crippen molar-refractivity contribution in [2.24, 2.45) is 0 Å². The third-order valence-electron chi connectivity index (χ3n) is 2.15. The Hall–Kier alpha value is -2.56. The topological polar surface area (TPSA) is 68.9 Å². The zero-order valence-electron chi connectivity index (χ0n) is 8.85. The third-order valence-corrected chi connectivity index (χ3v) is 2.15. The van der Waals surface area contributed by atoms with E-state index in [4.69, 9.17) is 0 Å². The second-order valence-electron chi connectivity index (χ2n) is 3.28. The highest BCUT2D eigenvalue weighted by Crippen LogP contribution is 2.19. The van der Waals surface area contributed by atoms with Crippen LogP contribution < -0.4 is 0 Å². The molecular weight excluding hydrogens is 218 g/mol. The second-order valence-corrected chi connectivity index (χ2v) is 3.28. The molecule has 17 heavy (non-hydrogen) atoms. The van der Waals surface area contributed by atoms with Gasteiger partial charge in [0.2, 0.25) is 0 Å². The molecule has 0 aliphatic rings. The van der Waals surface area contributed by atoms with Crippen LogP contribution in [-0.4, -0.2) is 14.9 Å². The van der Waals surface area contributed by atoms with E-state index in [1.165, 1.54) is 6.07 Å². The van der Waals surface area contributed by atoms with Gasteiger partial charge >= 0.3 is 0 Å². The number of benzene rings is 1. The lowest BCUT2D eigenvalue weighted by atomic mass is 10.1. The molecule has 0 N–H and O–H groups in total. The van der Waals surface area contributed by atoms with E-state index in [2.05, 4.69) is 9.97 Å². The van der Waals surface area contributed by atoms with Crippen LogP contribution in [0.5, 0.6) is 0 Å². The van der Waals surface area contributed by atoms with E-state index in [0.717, 1.165) is 0 Å². The Bertz CT molecular complexity index is 553. The minimum absolute atomic E-state index is 0.0765. The predicted octanol–water partition coefficient (Wildman–Crippen LogP) is 2.56. The molecule has 0 unspecified atom stereocenters. The Kier molecular flexibility index (Phi) is 3.20. The first kappa shape index (κ1) is 10.9. The average molecular weight is 227 g/mol. The van der Waals surface area contributed by atoms with Gasteiger partial charge in [0, 0.05) is 18.5 Å². The summed E-state index contributed by atoms with van der Waals surface area (Å²) in [5.74, 6) is 0. The van der Waals surface area contributed by atoms with E-state index in [1.54, 1.807) is 48.9 Å². The van der Waals surface area contributed by atoms with Crippen molar-refractivity contribution in [1.29, 1.82) is 0 Å². The molecule has 1 heterocycles. The van der Waals surface area contributed by atoms with E-state index in [9.17, 15) is 10.1 Å². The quantitative estimate of drug-likeness (QED) is 0.596. The van der Waals surface area contributed by atoms with Gasteiger partial charge in [-0.15, -0.1) is 0 Å². The zero-order chi connectivity index (χ0) is 12.1. The number of nitrogens with zero attached hydrogens (tertiary/aromatic N) is 3. The van der Waals surface area contributed by atoms with Gasteiger partial charge in [-0.05, 0) is 18.2 Å². The summed E-state index contributed by atoms with van der Waals surface area (Å²) in [5, 5.41) is 10.8. The molecule has 0 bridgehead atoms. The molecule has 5 nitrogen and oxygen atoms in total. The van der Waals surface area contributed by atoms with Crippen LogP contribution in [-0.2, 0) is 0 Å². The molecule has 0 saturated carbocycles. The van der Waals surface area contributed by atoms with Crippen LogP contribution in [0.25, 0.3) is 12.2 Å². The summed E-state index contributed by atoms with van der Waals surface area (Å²) in [4.78, 5) is 18.3. The molecule has 0 saturated heterocycles. The predicted molar refractivity (Wildman–Crippen MR) is 64.1 cm³/mol. The van der Waals surface area contributed by atoms with Crippen LogP contribution in [0, 0.1) is 10.1 Å². The molecule has 84 valence electrons. The van der Waals surface area contributed by atoms with Gasteiger partial charge in [0.1, 0.15) is 0 Å². The van der Waals surface area contributed by atoms with Crippen molar-refractivity contribution >= 4 is 17.8 Å². The average Bonchev–Trinajstić information content (AvgIpc) is 2.38. The summed E-state index contributed by atoms with van der Waals surface area (Å²) in [6.07, 6.45) is 8.07. The molecule has 0 atom stereocenters. The minimum atomic E-state index is -0.406. The summed E-state index contributed by atoms with van der Waals surface area (Å²) in [7, 11) is 0. The van der Waals surface area contributed by atoms with Gasteiger partial charge in [-0.2, -0.15) is 0 Å². The van der Waals surface area contributed by atoms with Crippen molar-refractivity contribution < 1.29 is 4.92 Å². The minimum Gasteiger partial charge on any atom is -0.261 e. The van der Waals surface area contributed by atoms with Gasteiger partial charge in [0.05, 0.1) is 22.4 Å². The second kappa shape index (κ2) is 4.98. The van der Waals surface area contributed by atoms with Crippen LogP contribution in [0.2, 0.25) is 0 Å². The standard InChI is InChI=1S/C12H9N3O2/c16-15(17)12-4-2-1-3-10(12)5-6-11-9-13-7-8-14-11/h1-9H/b6-5+. The lowest BCUT2D eigenvalue weighted by Crippen LogP contribution is -1.90. The number of aromatic nitrogens is 2. The van der Waals surface area contributed by atoms with E-state index in [-0.39, 0.29) is 5.69 Å². The van der Waals surface area contributed by atoms with Gasteiger partial charge in [-0.25, -0.2) is 0 Å². The zero-order valence-corrected chi connectivity index (χ0v) is 8.85. The molecule has 1 aromatic carbocycles. The van der Waals surface area contributed by atoms with Crippen molar-refractivity contribution in [3.05, 3.63) is 64.2 Å². The highest BCUT2D eigenvalue weighted by Gasteiger charge is 2.08. The van der Waals surface area contributed by atoms with Gasteiger partial charge < -0.3 is 0 Å².